The number of hydrogen-bond donors (Lipinski definition) is 2. The summed E-state index contributed by atoms with van der Waals surface area (Å²) in [4.78, 5) is 20.3. The third kappa shape index (κ3) is 4.28. The average molecular weight is 449 g/mol. The molecule has 2 N–H and O–H groups in total. The van der Waals surface area contributed by atoms with Crippen LogP contribution in [-0.4, -0.2) is 42.2 Å². The van der Waals surface area contributed by atoms with Gasteiger partial charge in [-0.05, 0) is 49.2 Å². The zero-order valence-electron chi connectivity index (χ0n) is 18.1. The van der Waals surface area contributed by atoms with E-state index >= 15 is 0 Å². The van der Waals surface area contributed by atoms with E-state index in [1.54, 1.807) is 18.2 Å². The molecule has 0 aliphatic carbocycles. The molecule has 0 fully saturated rings. The van der Waals surface area contributed by atoms with Crippen LogP contribution in [0.2, 0.25) is 0 Å². The highest BCUT2D eigenvalue weighted by Gasteiger charge is 2.24. The van der Waals surface area contributed by atoms with Gasteiger partial charge in [-0.2, -0.15) is 4.31 Å². The van der Waals surface area contributed by atoms with Crippen LogP contribution in [0.25, 0.3) is 22.4 Å². The molecule has 1 amide bonds. The van der Waals surface area contributed by atoms with Crippen LogP contribution >= 0.6 is 0 Å². The molecule has 0 aliphatic rings. The Morgan fingerprint density at radius 1 is 1.03 bits per heavy atom. The van der Waals surface area contributed by atoms with Gasteiger partial charge in [-0.15, -0.1) is 0 Å². The first-order valence-corrected chi connectivity index (χ1v) is 11.6. The molecule has 7 nitrogen and oxygen atoms in total. The standard InChI is InChI=1S/C24H24N4O3S/c1-16-8-7-11-20(17(16)2)25-23(29)15-28(3)32(30,31)19-12-13-21-22(14-19)27-24(26-21)18-9-5-4-6-10-18/h4-14H,15H2,1-3H3,(H,25,29)(H,26,27). The van der Waals surface area contributed by atoms with Crippen molar-refractivity contribution in [2.24, 2.45) is 0 Å². The summed E-state index contributed by atoms with van der Waals surface area (Å²) >= 11 is 0. The summed E-state index contributed by atoms with van der Waals surface area (Å²) in [6, 6.07) is 19.9. The molecule has 0 radical (unpaired) electrons. The van der Waals surface area contributed by atoms with E-state index in [-0.39, 0.29) is 11.4 Å². The van der Waals surface area contributed by atoms with Crippen LogP contribution in [0.1, 0.15) is 11.1 Å². The van der Waals surface area contributed by atoms with Gasteiger partial charge >= 0.3 is 0 Å². The summed E-state index contributed by atoms with van der Waals surface area (Å²) < 4.78 is 27.2. The lowest BCUT2D eigenvalue weighted by molar-refractivity contribution is -0.116. The van der Waals surface area contributed by atoms with Gasteiger partial charge in [0.2, 0.25) is 15.9 Å². The number of imidazole rings is 1. The number of H-pyrrole nitrogens is 1. The van der Waals surface area contributed by atoms with E-state index in [1.807, 2.05) is 56.3 Å². The summed E-state index contributed by atoms with van der Waals surface area (Å²) in [6.07, 6.45) is 0. The van der Waals surface area contributed by atoms with E-state index in [9.17, 15) is 13.2 Å². The molecule has 1 aromatic heterocycles. The monoisotopic (exact) mass is 448 g/mol. The van der Waals surface area contributed by atoms with Gasteiger partial charge in [-0.3, -0.25) is 4.79 Å². The van der Waals surface area contributed by atoms with E-state index in [0.717, 1.165) is 21.0 Å². The van der Waals surface area contributed by atoms with Crippen molar-refractivity contribution in [1.82, 2.24) is 14.3 Å². The van der Waals surface area contributed by atoms with Crippen LogP contribution in [0.3, 0.4) is 0 Å². The Morgan fingerprint density at radius 2 is 1.78 bits per heavy atom. The van der Waals surface area contributed by atoms with Crippen molar-refractivity contribution in [3.05, 3.63) is 77.9 Å². The second-order valence-electron chi connectivity index (χ2n) is 7.69. The Hall–Kier alpha value is -3.49. The van der Waals surface area contributed by atoms with Crippen molar-refractivity contribution in [2.75, 3.05) is 18.9 Å². The number of carbonyl (C=O) groups excluding carboxylic acids is 1. The lowest BCUT2D eigenvalue weighted by Gasteiger charge is -2.17. The predicted octanol–water partition coefficient (Wildman–Crippen LogP) is 4.11. The summed E-state index contributed by atoms with van der Waals surface area (Å²) in [5.74, 6) is 0.259. The third-order valence-electron chi connectivity index (χ3n) is 5.45. The number of aromatic nitrogens is 2. The van der Waals surface area contributed by atoms with Crippen LogP contribution in [0.5, 0.6) is 0 Å². The Kier molecular flexibility index (Phi) is 5.82. The summed E-state index contributed by atoms with van der Waals surface area (Å²) in [5.41, 5.74) is 4.86. The molecule has 3 aromatic carbocycles. The minimum Gasteiger partial charge on any atom is -0.338 e. The molecule has 0 saturated heterocycles. The number of sulfonamides is 1. The fraction of sp³-hybridized carbons (Fsp3) is 0.167. The molecule has 4 aromatic rings. The number of nitrogens with one attached hydrogen (secondary N) is 2. The first-order chi connectivity index (χ1) is 15.3. The molecule has 8 heteroatoms. The first kappa shape index (κ1) is 21.7. The molecule has 0 bridgehead atoms. The second-order valence-corrected chi connectivity index (χ2v) is 9.73. The largest absolute Gasteiger partial charge is 0.338 e. The number of nitrogens with zero attached hydrogens (tertiary/aromatic N) is 2. The number of aryl methyl sites for hydroxylation is 1. The van der Waals surface area contributed by atoms with Gasteiger partial charge in [0.1, 0.15) is 5.82 Å². The minimum atomic E-state index is -3.87. The zero-order chi connectivity index (χ0) is 22.9. The normalized spacial score (nSPS) is 11.8. The Labute approximate surface area is 187 Å². The number of likely N-dealkylation sites (N-methyl/N-ethyl adjacent to an activating group) is 1. The molecular formula is C24H24N4O3S. The van der Waals surface area contributed by atoms with Crippen molar-refractivity contribution in [3.8, 4) is 11.4 Å². The minimum absolute atomic E-state index is 0.0929. The highest BCUT2D eigenvalue weighted by molar-refractivity contribution is 7.89. The fourth-order valence-electron chi connectivity index (χ4n) is 3.43. The average Bonchev–Trinajstić information content (AvgIpc) is 3.21. The molecular weight excluding hydrogens is 424 g/mol. The molecule has 0 unspecified atom stereocenters. The van der Waals surface area contributed by atoms with Crippen molar-refractivity contribution in [3.63, 3.8) is 0 Å². The lowest BCUT2D eigenvalue weighted by atomic mass is 10.1. The third-order valence-corrected chi connectivity index (χ3v) is 7.25. The maximum Gasteiger partial charge on any atom is 0.243 e. The van der Waals surface area contributed by atoms with Crippen LogP contribution in [-0.2, 0) is 14.8 Å². The van der Waals surface area contributed by atoms with Crippen LogP contribution in [0, 0.1) is 13.8 Å². The van der Waals surface area contributed by atoms with Gasteiger partial charge in [0.05, 0.1) is 22.5 Å². The number of anilines is 1. The molecule has 0 saturated carbocycles. The van der Waals surface area contributed by atoms with E-state index in [4.69, 9.17) is 0 Å². The van der Waals surface area contributed by atoms with Crippen molar-refractivity contribution in [1.29, 1.82) is 0 Å². The molecule has 32 heavy (non-hydrogen) atoms. The molecule has 0 aliphatic heterocycles. The maximum absolute atomic E-state index is 13.1. The lowest BCUT2D eigenvalue weighted by Crippen LogP contribution is -2.35. The molecule has 164 valence electrons. The van der Waals surface area contributed by atoms with Gasteiger partial charge in [0.25, 0.3) is 0 Å². The number of amides is 1. The SMILES string of the molecule is Cc1cccc(NC(=O)CN(C)S(=O)(=O)c2ccc3nc(-c4ccccc4)[nH]c3c2)c1C. The van der Waals surface area contributed by atoms with E-state index < -0.39 is 15.9 Å². The summed E-state index contributed by atoms with van der Waals surface area (Å²) in [6.45, 7) is 3.57. The Morgan fingerprint density at radius 3 is 2.53 bits per heavy atom. The van der Waals surface area contributed by atoms with Crippen molar-refractivity contribution >= 4 is 32.7 Å². The molecule has 1 heterocycles. The second kappa shape index (κ2) is 8.57. The van der Waals surface area contributed by atoms with E-state index in [0.29, 0.717) is 22.5 Å². The predicted molar refractivity (Wildman–Crippen MR) is 126 cm³/mol. The topological polar surface area (TPSA) is 95.2 Å². The van der Waals surface area contributed by atoms with Gasteiger partial charge in [0, 0.05) is 18.3 Å². The van der Waals surface area contributed by atoms with E-state index in [1.165, 1.54) is 13.1 Å². The number of fused-ring (bicyclic) bond motifs is 1. The quantitative estimate of drug-likeness (QED) is 0.464. The summed E-state index contributed by atoms with van der Waals surface area (Å²) in [7, 11) is -2.47. The molecule has 0 atom stereocenters. The van der Waals surface area contributed by atoms with Crippen molar-refractivity contribution < 1.29 is 13.2 Å². The number of hydrogen-bond acceptors (Lipinski definition) is 4. The number of carbonyl (C=O) groups is 1. The maximum atomic E-state index is 13.1. The van der Waals surface area contributed by atoms with Gasteiger partial charge < -0.3 is 10.3 Å². The van der Waals surface area contributed by atoms with Gasteiger partial charge in [-0.1, -0.05) is 42.5 Å². The van der Waals surface area contributed by atoms with Gasteiger partial charge in [0.15, 0.2) is 0 Å². The highest BCUT2D eigenvalue weighted by Crippen LogP contribution is 2.24. The van der Waals surface area contributed by atoms with Crippen LogP contribution < -0.4 is 5.32 Å². The van der Waals surface area contributed by atoms with Crippen LogP contribution in [0.4, 0.5) is 5.69 Å². The van der Waals surface area contributed by atoms with Gasteiger partial charge in [-0.25, -0.2) is 13.4 Å². The zero-order valence-corrected chi connectivity index (χ0v) is 18.9. The first-order valence-electron chi connectivity index (χ1n) is 10.1. The number of benzene rings is 3. The molecule has 0 spiro atoms. The number of aromatic amines is 1. The van der Waals surface area contributed by atoms with E-state index in [2.05, 4.69) is 15.3 Å². The fourth-order valence-corrected chi connectivity index (χ4v) is 4.58. The van der Waals surface area contributed by atoms with Crippen molar-refractivity contribution in [2.45, 2.75) is 18.7 Å². The number of rotatable bonds is 6. The Bertz CT molecular complexity index is 1400. The summed E-state index contributed by atoms with van der Waals surface area (Å²) in [5, 5.41) is 2.80. The smallest absolute Gasteiger partial charge is 0.243 e. The Balaban J connectivity index is 1.54. The molecule has 4 rings (SSSR count). The highest BCUT2D eigenvalue weighted by atomic mass is 32.2. The van der Waals surface area contributed by atoms with Crippen LogP contribution in [0.15, 0.2) is 71.6 Å².